The van der Waals surface area contributed by atoms with E-state index in [9.17, 15) is 0 Å². The van der Waals surface area contributed by atoms with Crippen LogP contribution in [-0.2, 0) is 0 Å². The SMILES string of the molecule is CC(CCCC(C)N(C(C)C)C(C)CCC(C)N(C)C)N(C)C. The normalized spacial score (nSPS) is 18.0. The zero-order chi connectivity index (χ0) is 18.2. The number of hydrogen-bond acceptors (Lipinski definition) is 3. The lowest BCUT2D eigenvalue weighted by Gasteiger charge is -2.39. The Morgan fingerprint density at radius 2 is 0.870 bits per heavy atom. The molecule has 3 heteroatoms. The molecule has 23 heavy (non-hydrogen) atoms. The third-order valence-corrected chi connectivity index (χ3v) is 5.62. The van der Waals surface area contributed by atoms with Gasteiger partial charge < -0.3 is 9.80 Å². The quantitative estimate of drug-likeness (QED) is 0.528. The van der Waals surface area contributed by atoms with Gasteiger partial charge in [-0.2, -0.15) is 0 Å². The lowest BCUT2D eigenvalue weighted by atomic mass is 10.00. The van der Waals surface area contributed by atoms with E-state index in [1.807, 2.05) is 0 Å². The number of rotatable bonds is 12. The molecule has 0 N–H and O–H groups in total. The van der Waals surface area contributed by atoms with Crippen LogP contribution in [0.1, 0.15) is 73.6 Å². The maximum atomic E-state index is 2.74. The zero-order valence-corrected chi connectivity index (χ0v) is 17.8. The van der Waals surface area contributed by atoms with Crippen LogP contribution < -0.4 is 0 Å². The Labute approximate surface area is 147 Å². The molecule has 0 heterocycles. The molecule has 0 aliphatic rings. The van der Waals surface area contributed by atoms with Gasteiger partial charge in [-0.25, -0.2) is 0 Å². The van der Waals surface area contributed by atoms with Gasteiger partial charge in [0.05, 0.1) is 0 Å². The fraction of sp³-hybridized carbons (Fsp3) is 1.00. The largest absolute Gasteiger partial charge is 0.307 e. The van der Waals surface area contributed by atoms with Crippen molar-refractivity contribution in [3.8, 4) is 0 Å². The molecule has 0 aliphatic carbocycles. The van der Waals surface area contributed by atoms with E-state index in [-0.39, 0.29) is 0 Å². The van der Waals surface area contributed by atoms with Crippen LogP contribution in [0.4, 0.5) is 0 Å². The van der Waals surface area contributed by atoms with Crippen molar-refractivity contribution in [3.05, 3.63) is 0 Å². The van der Waals surface area contributed by atoms with Crippen LogP contribution in [0, 0.1) is 0 Å². The Morgan fingerprint density at radius 1 is 0.522 bits per heavy atom. The van der Waals surface area contributed by atoms with Gasteiger partial charge in [-0.1, -0.05) is 6.42 Å². The molecule has 0 radical (unpaired) electrons. The van der Waals surface area contributed by atoms with E-state index in [2.05, 4.69) is 84.4 Å². The summed E-state index contributed by atoms with van der Waals surface area (Å²) in [5.41, 5.74) is 0. The summed E-state index contributed by atoms with van der Waals surface area (Å²) < 4.78 is 0. The van der Waals surface area contributed by atoms with E-state index in [0.29, 0.717) is 30.2 Å². The fourth-order valence-corrected chi connectivity index (χ4v) is 3.46. The van der Waals surface area contributed by atoms with E-state index in [1.165, 1.54) is 32.1 Å². The molecule has 0 aliphatic heterocycles. The molecule has 0 rings (SSSR count). The second-order valence-electron chi connectivity index (χ2n) is 8.37. The van der Waals surface area contributed by atoms with Crippen molar-refractivity contribution in [2.45, 2.75) is 104 Å². The minimum absolute atomic E-state index is 0.626. The summed E-state index contributed by atoms with van der Waals surface area (Å²) in [6, 6.07) is 3.32. The summed E-state index contributed by atoms with van der Waals surface area (Å²) in [5.74, 6) is 0. The Balaban J connectivity index is 4.41. The monoisotopic (exact) mass is 327 g/mol. The highest BCUT2D eigenvalue weighted by Crippen LogP contribution is 2.20. The van der Waals surface area contributed by atoms with E-state index >= 15 is 0 Å². The van der Waals surface area contributed by atoms with Crippen LogP contribution in [-0.4, -0.2) is 73.1 Å². The Bertz CT molecular complexity index is 289. The predicted octanol–water partition coefficient (Wildman–Crippen LogP) is 4.32. The molecule has 0 aromatic heterocycles. The summed E-state index contributed by atoms with van der Waals surface area (Å²) in [6.07, 6.45) is 6.50. The summed E-state index contributed by atoms with van der Waals surface area (Å²) in [7, 11) is 8.74. The van der Waals surface area contributed by atoms with Crippen molar-refractivity contribution in [3.63, 3.8) is 0 Å². The minimum Gasteiger partial charge on any atom is -0.307 e. The van der Waals surface area contributed by atoms with Crippen LogP contribution >= 0.6 is 0 Å². The Morgan fingerprint density at radius 3 is 1.30 bits per heavy atom. The van der Waals surface area contributed by atoms with E-state index in [1.54, 1.807) is 0 Å². The van der Waals surface area contributed by atoms with Crippen LogP contribution in [0.15, 0.2) is 0 Å². The third kappa shape index (κ3) is 9.07. The lowest BCUT2D eigenvalue weighted by Crippen LogP contribution is -2.45. The lowest BCUT2D eigenvalue weighted by molar-refractivity contribution is 0.0931. The van der Waals surface area contributed by atoms with Gasteiger partial charge in [-0.3, -0.25) is 4.90 Å². The standard InChI is InChI=1S/C20H45N3/c1-16(2)23(20(6)15-14-18(4)22(9)10)19(5)13-11-12-17(3)21(7)8/h16-20H,11-15H2,1-10H3. The topological polar surface area (TPSA) is 9.72 Å². The van der Waals surface area contributed by atoms with Crippen molar-refractivity contribution in [1.82, 2.24) is 14.7 Å². The Kier molecular flexibility index (Phi) is 11.4. The highest BCUT2D eigenvalue weighted by molar-refractivity contribution is 4.79. The van der Waals surface area contributed by atoms with Crippen molar-refractivity contribution >= 4 is 0 Å². The van der Waals surface area contributed by atoms with Crippen LogP contribution in [0.25, 0.3) is 0 Å². The average molecular weight is 328 g/mol. The maximum absolute atomic E-state index is 2.74. The first-order chi connectivity index (χ1) is 10.6. The van der Waals surface area contributed by atoms with Crippen LogP contribution in [0.2, 0.25) is 0 Å². The van der Waals surface area contributed by atoms with Crippen molar-refractivity contribution in [2.24, 2.45) is 0 Å². The van der Waals surface area contributed by atoms with Gasteiger partial charge in [0, 0.05) is 30.2 Å². The molecule has 4 atom stereocenters. The number of nitrogens with zero attached hydrogens (tertiary/aromatic N) is 3. The second kappa shape index (κ2) is 11.4. The van der Waals surface area contributed by atoms with Gasteiger partial charge in [0.1, 0.15) is 0 Å². The summed E-state index contributed by atoms with van der Waals surface area (Å²) in [4.78, 5) is 7.40. The molecule has 0 fully saturated rings. The minimum atomic E-state index is 0.626. The predicted molar refractivity (Wildman–Crippen MR) is 105 cm³/mol. The first-order valence-corrected chi connectivity index (χ1v) is 9.68. The summed E-state index contributed by atoms with van der Waals surface area (Å²) >= 11 is 0. The van der Waals surface area contributed by atoms with Gasteiger partial charge in [-0.15, -0.1) is 0 Å². The second-order valence-corrected chi connectivity index (χ2v) is 8.37. The molecule has 0 bridgehead atoms. The summed E-state index contributed by atoms with van der Waals surface area (Å²) in [6.45, 7) is 14.2. The molecule has 0 amide bonds. The Hall–Kier alpha value is -0.120. The van der Waals surface area contributed by atoms with E-state index in [0.717, 1.165) is 0 Å². The molecular weight excluding hydrogens is 282 g/mol. The molecule has 140 valence electrons. The van der Waals surface area contributed by atoms with Gasteiger partial charge in [0.2, 0.25) is 0 Å². The molecule has 0 saturated heterocycles. The zero-order valence-electron chi connectivity index (χ0n) is 17.8. The first-order valence-electron chi connectivity index (χ1n) is 9.68. The highest BCUT2D eigenvalue weighted by Gasteiger charge is 2.23. The molecule has 4 unspecified atom stereocenters. The van der Waals surface area contributed by atoms with Crippen LogP contribution in [0.5, 0.6) is 0 Å². The fourth-order valence-electron chi connectivity index (χ4n) is 3.46. The van der Waals surface area contributed by atoms with Gasteiger partial charge in [0.15, 0.2) is 0 Å². The van der Waals surface area contributed by atoms with E-state index < -0.39 is 0 Å². The summed E-state index contributed by atoms with van der Waals surface area (Å²) in [5, 5.41) is 0. The third-order valence-electron chi connectivity index (χ3n) is 5.62. The maximum Gasteiger partial charge on any atom is 0.00730 e. The van der Waals surface area contributed by atoms with Crippen molar-refractivity contribution in [1.29, 1.82) is 0 Å². The number of hydrogen-bond donors (Lipinski definition) is 0. The van der Waals surface area contributed by atoms with Gasteiger partial charge in [-0.05, 0) is 95.4 Å². The van der Waals surface area contributed by atoms with E-state index in [4.69, 9.17) is 0 Å². The molecule has 0 saturated carbocycles. The van der Waals surface area contributed by atoms with Crippen LogP contribution in [0.3, 0.4) is 0 Å². The van der Waals surface area contributed by atoms with Crippen molar-refractivity contribution < 1.29 is 0 Å². The van der Waals surface area contributed by atoms with Crippen molar-refractivity contribution in [2.75, 3.05) is 28.2 Å². The first kappa shape index (κ1) is 22.9. The average Bonchev–Trinajstić information content (AvgIpc) is 2.43. The molecule has 0 aromatic carbocycles. The molecular formula is C20H45N3. The molecule has 0 aromatic rings. The van der Waals surface area contributed by atoms with Gasteiger partial charge in [0.25, 0.3) is 0 Å². The highest BCUT2D eigenvalue weighted by atomic mass is 15.2. The molecule has 0 spiro atoms. The van der Waals surface area contributed by atoms with Gasteiger partial charge >= 0.3 is 0 Å². The smallest absolute Gasteiger partial charge is 0.00730 e. The molecule has 3 nitrogen and oxygen atoms in total.